The molecule has 0 unspecified atom stereocenters. The number of carboxylic acid groups (broad SMARTS) is 1. The van der Waals surface area contributed by atoms with Crippen LogP contribution in [0.15, 0.2) is 0 Å². The molecule has 0 N–H and O–H groups in total. The molecule has 0 aromatic rings. The van der Waals surface area contributed by atoms with Gasteiger partial charge in [-0.05, 0) is 13.8 Å². The Kier molecular flexibility index (Phi) is 3.67. The first-order valence-corrected chi connectivity index (χ1v) is 6.01. The summed E-state index contributed by atoms with van der Waals surface area (Å²) < 4.78 is 22.2. The molecule has 16 heavy (non-hydrogen) atoms. The van der Waals surface area contributed by atoms with Gasteiger partial charge in [-0.1, -0.05) is 0 Å². The van der Waals surface area contributed by atoms with Gasteiger partial charge in [0.15, 0.2) is 9.84 Å². The maximum absolute atomic E-state index is 11.9. The van der Waals surface area contributed by atoms with Crippen LogP contribution >= 0.6 is 0 Å². The van der Waals surface area contributed by atoms with E-state index in [1.54, 1.807) is 0 Å². The molecule has 1 amide bonds. The fourth-order valence-corrected chi connectivity index (χ4v) is 4.33. The van der Waals surface area contributed by atoms with Crippen LogP contribution in [0, 0.1) is 0 Å². The van der Waals surface area contributed by atoms with Gasteiger partial charge in [0.2, 0.25) is 5.91 Å². The Bertz CT molecular complexity index is 457. The Hall–Kier alpha value is 0.526. The minimum absolute atomic E-state index is 0. The predicted molar refractivity (Wildman–Crippen MR) is 47.0 cm³/mol. The van der Waals surface area contributed by atoms with Crippen molar-refractivity contribution in [3.63, 3.8) is 0 Å². The summed E-state index contributed by atoms with van der Waals surface area (Å²) in [5, 5.41) is 9.90. The van der Waals surface area contributed by atoms with Crippen molar-refractivity contribution in [1.29, 1.82) is 0 Å². The van der Waals surface area contributed by atoms with E-state index in [0.717, 1.165) is 4.90 Å². The van der Waals surface area contributed by atoms with E-state index in [1.165, 1.54) is 13.8 Å². The van der Waals surface area contributed by atoms with Crippen LogP contribution < -0.4 is 56.5 Å². The molecule has 2 saturated heterocycles. The van der Waals surface area contributed by atoms with Crippen LogP contribution in [0.3, 0.4) is 0 Å². The number of sulfone groups is 1. The third kappa shape index (κ3) is 1.54. The minimum atomic E-state index is -3.61. The summed E-state index contributed by atoms with van der Waals surface area (Å²) in [7, 11) is -3.61. The summed E-state index contributed by atoms with van der Waals surface area (Å²) >= 11 is 0. The van der Waals surface area contributed by atoms with Gasteiger partial charge in [0.25, 0.3) is 0 Å². The molecule has 0 aromatic heterocycles. The molecule has 2 fully saturated rings. The van der Waals surface area contributed by atoms with Gasteiger partial charge >= 0.3 is 51.4 Å². The van der Waals surface area contributed by atoms with E-state index in [4.69, 9.17) is 0 Å². The Morgan fingerprint density at radius 2 is 2.00 bits per heavy atom. The largest absolute Gasteiger partial charge is 1.00 e. The monoisotopic (exact) mass is 271 g/mol. The van der Waals surface area contributed by atoms with Gasteiger partial charge in [-0.15, -0.1) is 0 Å². The number of hydrogen-bond donors (Lipinski definition) is 0. The van der Waals surface area contributed by atoms with Crippen LogP contribution in [-0.2, 0) is 19.4 Å². The number of amides is 1. The molecule has 2 aliphatic rings. The maximum Gasteiger partial charge on any atom is 1.00 e. The van der Waals surface area contributed by atoms with Gasteiger partial charge in [-0.25, -0.2) is 8.42 Å². The third-order valence-corrected chi connectivity index (χ3v) is 6.00. The number of carboxylic acids is 1. The van der Waals surface area contributed by atoms with Crippen molar-refractivity contribution in [2.24, 2.45) is 0 Å². The average Bonchev–Trinajstić information content (AvgIpc) is 2.19. The number of hydrogen-bond acceptors (Lipinski definition) is 5. The van der Waals surface area contributed by atoms with E-state index < -0.39 is 37.9 Å². The van der Waals surface area contributed by atoms with E-state index in [0.29, 0.717) is 0 Å². The average molecular weight is 271 g/mol. The maximum atomic E-state index is 11.9. The van der Waals surface area contributed by atoms with Crippen molar-refractivity contribution in [1.82, 2.24) is 4.90 Å². The molecule has 0 radical (unpaired) electrons. The molecule has 2 heterocycles. The zero-order chi connectivity index (χ0) is 11.6. The Balaban J connectivity index is 0.00000128. The number of carbonyl (C=O) groups is 2. The number of fused-ring (bicyclic) bond motifs is 1. The molecule has 0 aromatic carbocycles. The molecule has 0 spiro atoms. The summed E-state index contributed by atoms with van der Waals surface area (Å²) in [6.07, 6.45) is -0.116. The second-order valence-corrected chi connectivity index (χ2v) is 7.02. The van der Waals surface area contributed by atoms with Crippen molar-refractivity contribution in [2.45, 2.75) is 36.4 Å². The molecule has 0 bridgehead atoms. The van der Waals surface area contributed by atoms with E-state index in [9.17, 15) is 23.1 Å². The fourth-order valence-electron chi connectivity index (χ4n) is 2.21. The Morgan fingerprint density at radius 3 is 2.31 bits per heavy atom. The predicted octanol–water partition coefficient (Wildman–Crippen LogP) is -5.13. The van der Waals surface area contributed by atoms with Gasteiger partial charge in [0.05, 0.1) is 23.2 Å². The van der Waals surface area contributed by atoms with Gasteiger partial charge in [0.1, 0.15) is 5.37 Å². The van der Waals surface area contributed by atoms with Crippen LogP contribution in [0.2, 0.25) is 0 Å². The topological polar surface area (TPSA) is 94.6 Å². The number of rotatable bonds is 1. The number of carbonyl (C=O) groups excluding carboxylic acids is 2. The van der Waals surface area contributed by atoms with Crippen molar-refractivity contribution < 1.29 is 74.5 Å². The van der Waals surface area contributed by atoms with Crippen molar-refractivity contribution in [2.75, 3.05) is 0 Å². The molecule has 84 valence electrons. The number of nitrogens with zero attached hydrogens (tertiary/aromatic N) is 1. The zero-order valence-corrected chi connectivity index (χ0v) is 13.2. The molecule has 2 aliphatic heterocycles. The molecule has 2 rings (SSSR count). The zero-order valence-electron chi connectivity index (χ0n) is 9.26. The van der Waals surface area contributed by atoms with Crippen LogP contribution in [0.1, 0.15) is 20.3 Å². The summed E-state index contributed by atoms with van der Waals surface area (Å²) in [5.41, 5.74) is 0. The van der Waals surface area contributed by atoms with Crippen LogP contribution in [0.4, 0.5) is 0 Å². The summed E-state index contributed by atoms with van der Waals surface area (Å²) in [6.45, 7) is 2.63. The van der Waals surface area contributed by atoms with Gasteiger partial charge in [-0.2, -0.15) is 0 Å². The van der Waals surface area contributed by atoms with E-state index >= 15 is 0 Å². The molecular weight excluding hydrogens is 261 g/mol. The first kappa shape index (κ1) is 14.6. The Labute approximate surface area is 136 Å². The molecule has 0 saturated carbocycles. The third-order valence-electron chi connectivity index (χ3n) is 3.20. The molecule has 0 aliphatic carbocycles. The van der Waals surface area contributed by atoms with Gasteiger partial charge in [-0.3, -0.25) is 4.79 Å². The Morgan fingerprint density at radius 1 is 1.50 bits per heavy atom. The van der Waals surface area contributed by atoms with E-state index in [1.807, 2.05) is 0 Å². The van der Waals surface area contributed by atoms with Crippen molar-refractivity contribution in [3.8, 4) is 0 Å². The van der Waals surface area contributed by atoms with Crippen LogP contribution in [0.5, 0.6) is 0 Å². The quantitative estimate of drug-likeness (QED) is 0.351. The second kappa shape index (κ2) is 4.03. The molecule has 8 heteroatoms. The number of β-lactam (4-membered cyclic amide) rings is 1. The molecule has 6 nitrogen and oxygen atoms in total. The normalized spacial score (nSPS) is 33.6. The van der Waals surface area contributed by atoms with Gasteiger partial charge in [0, 0.05) is 0 Å². The SMILES string of the molecule is CC1(C)[C@H](C(=O)[O-])N2C(=O)C[C@@H]2S1(=O)=O.[K+]. The summed E-state index contributed by atoms with van der Waals surface area (Å²) in [5.74, 6) is -1.96. The molecular formula is C8H10KNO5S. The summed E-state index contributed by atoms with van der Waals surface area (Å²) in [4.78, 5) is 23.0. The van der Waals surface area contributed by atoms with Crippen molar-refractivity contribution >= 4 is 21.7 Å². The summed E-state index contributed by atoms with van der Waals surface area (Å²) in [6, 6.07) is -1.37. The van der Waals surface area contributed by atoms with Crippen LogP contribution in [-0.4, -0.2) is 41.4 Å². The van der Waals surface area contributed by atoms with Crippen LogP contribution in [0.25, 0.3) is 0 Å². The first-order chi connectivity index (χ1) is 6.71. The molecule has 2 atom stereocenters. The minimum Gasteiger partial charge on any atom is -0.548 e. The fraction of sp³-hybridized carbons (Fsp3) is 0.750. The first-order valence-electron chi connectivity index (χ1n) is 4.46. The number of aliphatic carboxylic acids is 1. The van der Waals surface area contributed by atoms with Crippen molar-refractivity contribution in [3.05, 3.63) is 0 Å². The van der Waals surface area contributed by atoms with E-state index in [2.05, 4.69) is 0 Å². The standard InChI is InChI=1S/C8H11NO5S.K/c1-8(2)6(7(11)12)9-4(10)3-5(9)15(8,13)14;/h5-6H,3H2,1-2H3,(H,11,12);/q;+1/p-1/t5-,6-;/m0./s1. The smallest absolute Gasteiger partial charge is 0.548 e. The van der Waals surface area contributed by atoms with E-state index in [-0.39, 0.29) is 57.8 Å². The second-order valence-electron chi connectivity index (χ2n) is 4.33. The van der Waals surface area contributed by atoms with Gasteiger partial charge < -0.3 is 14.8 Å².